The van der Waals surface area contributed by atoms with Crippen LogP contribution in [0.4, 0.5) is 0 Å². The molecule has 0 aromatic heterocycles. The summed E-state index contributed by atoms with van der Waals surface area (Å²) in [6, 6.07) is 0. The molecule has 0 aliphatic rings. The predicted molar refractivity (Wildman–Crippen MR) is 57.5 cm³/mol. The summed E-state index contributed by atoms with van der Waals surface area (Å²) in [5.74, 6) is 0. The van der Waals surface area contributed by atoms with Crippen molar-refractivity contribution in [3.63, 3.8) is 0 Å². The molecular formula is C6H16BP2-. The van der Waals surface area contributed by atoms with Gasteiger partial charge in [-0.3, -0.25) is 6.72 Å². The second-order valence-corrected chi connectivity index (χ2v) is 11.7. The molecular weight excluding hydrogens is 145 g/mol. The minimum atomic E-state index is -0.925. The summed E-state index contributed by atoms with van der Waals surface area (Å²) in [6.07, 6.45) is 8.20. The summed E-state index contributed by atoms with van der Waals surface area (Å²) in [5.41, 5.74) is 0. The van der Waals surface area contributed by atoms with Crippen LogP contribution in [0.3, 0.4) is 0 Å². The van der Waals surface area contributed by atoms with Crippen LogP contribution in [0.1, 0.15) is 0 Å². The van der Waals surface area contributed by atoms with Crippen molar-refractivity contribution in [2.24, 2.45) is 0 Å². The van der Waals surface area contributed by atoms with Crippen LogP contribution in [0.2, 0.25) is 0 Å². The zero-order valence-electron chi connectivity index (χ0n) is 6.89. The van der Waals surface area contributed by atoms with E-state index in [0.717, 1.165) is 0 Å². The maximum atomic E-state index is 4.10. The van der Waals surface area contributed by atoms with E-state index in [4.69, 9.17) is 0 Å². The highest BCUT2D eigenvalue weighted by atomic mass is 31.2. The van der Waals surface area contributed by atoms with Gasteiger partial charge in [0.05, 0.1) is 0 Å². The molecule has 0 spiro atoms. The van der Waals surface area contributed by atoms with Gasteiger partial charge < -0.3 is 13.5 Å². The van der Waals surface area contributed by atoms with E-state index in [9.17, 15) is 0 Å². The molecule has 0 aromatic rings. The molecule has 0 rings (SSSR count). The Morgan fingerprint density at radius 1 is 0.889 bits per heavy atom. The van der Waals surface area contributed by atoms with Gasteiger partial charge in [-0.05, 0) is 0 Å². The Hall–Kier alpha value is 0.665. The van der Waals surface area contributed by atoms with Crippen LogP contribution in [0.25, 0.3) is 0 Å². The van der Waals surface area contributed by atoms with E-state index in [-0.39, 0.29) is 0 Å². The first-order valence-electron chi connectivity index (χ1n) is 2.94. The molecule has 0 saturated carbocycles. The SMILES string of the molecule is C=P(C)(C)[B-]P(=C)(C)C. The van der Waals surface area contributed by atoms with E-state index in [0.29, 0.717) is 0 Å². The lowest BCUT2D eigenvalue weighted by Crippen LogP contribution is -1.91. The van der Waals surface area contributed by atoms with E-state index >= 15 is 0 Å². The molecule has 0 fully saturated rings. The summed E-state index contributed by atoms with van der Waals surface area (Å²) in [6.45, 7) is 9.41. The van der Waals surface area contributed by atoms with Crippen LogP contribution in [0.5, 0.6) is 0 Å². The second-order valence-electron chi connectivity index (χ2n) is 3.67. The van der Waals surface area contributed by atoms with Crippen LogP contribution in [-0.4, -0.2) is 46.0 Å². The van der Waals surface area contributed by atoms with E-state index in [1.807, 2.05) is 0 Å². The lowest BCUT2D eigenvalue weighted by molar-refractivity contribution is 2.25. The largest absolute Gasteiger partial charge is 0.317 e. The second kappa shape index (κ2) is 2.73. The number of hydrogen-bond acceptors (Lipinski definition) is 0. The van der Waals surface area contributed by atoms with Crippen molar-refractivity contribution in [1.82, 2.24) is 0 Å². The van der Waals surface area contributed by atoms with Crippen molar-refractivity contribution < 1.29 is 0 Å². The summed E-state index contributed by atoms with van der Waals surface area (Å²) in [5, 5.41) is 0. The van der Waals surface area contributed by atoms with Gasteiger partial charge in [-0.1, -0.05) is 26.7 Å². The van der Waals surface area contributed by atoms with Gasteiger partial charge in [0.1, 0.15) is 0 Å². The zero-order valence-corrected chi connectivity index (χ0v) is 8.67. The molecule has 0 amide bonds. The van der Waals surface area contributed by atoms with Crippen LogP contribution >= 0.6 is 13.5 Å². The Bertz CT molecular complexity index is 151. The minimum absolute atomic E-state index is 0.925. The molecule has 9 heavy (non-hydrogen) atoms. The van der Waals surface area contributed by atoms with Crippen molar-refractivity contribution in [2.45, 2.75) is 0 Å². The molecule has 54 valence electrons. The third kappa shape index (κ3) is 8.66. The molecule has 3 heteroatoms. The van der Waals surface area contributed by atoms with Crippen molar-refractivity contribution in [2.75, 3.05) is 26.7 Å². The minimum Gasteiger partial charge on any atom is -0.317 e. The van der Waals surface area contributed by atoms with E-state index in [1.54, 1.807) is 0 Å². The van der Waals surface area contributed by atoms with Gasteiger partial charge in [-0.25, -0.2) is 0 Å². The number of rotatable bonds is 2. The molecule has 0 bridgehead atoms. The predicted octanol–water partition coefficient (Wildman–Crippen LogP) is 1.94. The smallest absolute Gasteiger partial charge is 0.0816 e. The molecule has 0 saturated heterocycles. The molecule has 0 nitrogen and oxygen atoms in total. The van der Waals surface area contributed by atoms with E-state index < -0.39 is 13.5 Å². The van der Waals surface area contributed by atoms with Crippen LogP contribution in [-0.2, 0) is 0 Å². The fourth-order valence-corrected chi connectivity index (χ4v) is 7.62. The molecule has 0 aliphatic carbocycles. The van der Waals surface area contributed by atoms with Crippen molar-refractivity contribution in [3.05, 3.63) is 0 Å². The molecule has 0 aromatic carbocycles. The monoisotopic (exact) mass is 161 g/mol. The Kier molecular flexibility index (Phi) is 2.93. The first kappa shape index (κ1) is 9.66. The van der Waals surface area contributed by atoms with Crippen LogP contribution < -0.4 is 0 Å². The van der Waals surface area contributed by atoms with E-state index in [1.165, 1.54) is 0 Å². The quantitative estimate of drug-likeness (QED) is 0.428. The maximum Gasteiger partial charge on any atom is -0.0816 e. The third-order valence-electron chi connectivity index (χ3n) is 0.625. The molecule has 0 unspecified atom stereocenters. The summed E-state index contributed by atoms with van der Waals surface area (Å²) >= 11 is 0. The fraction of sp³-hybridized carbons (Fsp3) is 0.667. The maximum absolute atomic E-state index is 4.10. The topological polar surface area (TPSA) is 0 Å². The normalized spacial score (nSPS) is 13.8. The summed E-state index contributed by atoms with van der Waals surface area (Å²) in [7, 11) is 0. The van der Waals surface area contributed by atoms with Crippen molar-refractivity contribution in [3.8, 4) is 0 Å². The van der Waals surface area contributed by atoms with Gasteiger partial charge in [-0.15, -0.1) is 12.6 Å². The Labute approximate surface area is 60.2 Å². The lowest BCUT2D eigenvalue weighted by Gasteiger charge is -2.36. The van der Waals surface area contributed by atoms with Crippen molar-refractivity contribution >= 4 is 32.8 Å². The summed E-state index contributed by atoms with van der Waals surface area (Å²) < 4.78 is 0. The number of hydrogen-bond donors (Lipinski definition) is 0. The third-order valence-corrected chi connectivity index (χ3v) is 5.63. The Morgan fingerprint density at radius 2 is 1.11 bits per heavy atom. The average molecular weight is 161 g/mol. The molecule has 0 aliphatic heterocycles. The molecule has 0 N–H and O–H groups in total. The highest BCUT2D eigenvalue weighted by Crippen LogP contribution is 2.49. The van der Waals surface area contributed by atoms with Crippen LogP contribution in [0.15, 0.2) is 0 Å². The van der Waals surface area contributed by atoms with Gasteiger partial charge >= 0.3 is 0 Å². The van der Waals surface area contributed by atoms with Gasteiger partial charge in [0, 0.05) is 0 Å². The average Bonchev–Trinajstić information content (AvgIpc) is 1.14. The van der Waals surface area contributed by atoms with Gasteiger partial charge in [0.15, 0.2) is 0 Å². The zero-order chi connectivity index (χ0) is 7.71. The Balaban J connectivity index is 4.07. The van der Waals surface area contributed by atoms with Gasteiger partial charge in [0.2, 0.25) is 0 Å². The standard InChI is InChI=1S/C6H16BP2/c1-8(2,3)7-9(4,5)6/h1,4H2,2-3,5-6H3/q-1. The highest BCUT2D eigenvalue weighted by Gasteiger charge is 1.89. The first-order chi connectivity index (χ1) is 3.71. The Morgan fingerprint density at radius 3 is 1.11 bits per heavy atom. The molecule has 0 atom stereocenters. The molecule has 0 heterocycles. The fourth-order valence-electron chi connectivity index (χ4n) is 0.846. The molecule has 2 radical (unpaired) electrons. The summed E-state index contributed by atoms with van der Waals surface area (Å²) in [4.78, 5) is 0. The van der Waals surface area contributed by atoms with Gasteiger partial charge in [-0.2, -0.15) is 0 Å². The lowest BCUT2D eigenvalue weighted by atomic mass is 10.7. The highest BCUT2D eigenvalue weighted by molar-refractivity contribution is 8.25. The first-order valence-corrected chi connectivity index (χ1v) is 8.81. The van der Waals surface area contributed by atoms with Gasteiger partial charge in [0.25, 0.3) is 0 Å². The van der Waals surface area contributed by atoms with Crippen LogP contribution in [0, 0.1) is 0 Å². The van der Waals surface area contributed by atoms with Crippen molar-refractivity contribution in [1.29, 1.82) is 0 Å². The van der Waals surface area contributed by atoms with E-state index in [2.05, 4.69) is 46.0 Å².